The zero-order valence-electron chi connectivity index (χ0n) is 12.1. The van der Waals surface area contributed by atoms with E-state index in [1.54, 1.807) is 6.07 Å². The molecule has 0 unspecified atom stereocenters. The predicted octanol–water partition coefficient (Wildman–Crippen LogP) is 1.56. The monoisotopic (exact) mass is 318 g/mol. The van der Waals surface area contributed by atoms with Crippen molar-refractivity contribution in [3.05, 3.63) is 50.7 Å². The summed E-state index contributed by atoms with van der Waals surface area (Å²) < 4.78 is 10.1. The van der Waals surface area contributed by atoms with Crippen LogP contribution in [0.1, 0.15) is 10.4 Å². The third kappa shape index (κ3) is 4.47. The van der Waals surface area contributed by atoms with E-state index in [0.29, 0.717) is 5.39 Å². The summed E-state index contributed by atoms with van der Waals surface area (Å²) in [6.45, 7) is 0.884. The van der Waals surface area contributed by atoms with Gasteiger partial charge in [0.25, 0.3) is 5.91 Å². The molecule has 0 saturated heterocycles. The van der Waals surface area contributed by atoms with Gasteiger partial charge in [-0.25, -0.2) is 4.79 Å². The maximum atomic E-state index is 12.0. The lowest BCUT2D eigenvalue weighted by atomic mass is 10.1. The first-order valence-corrected chi connectivity index (χ1v) is 6.75. The molecule has 1 heterocycles. The molecule has 0 fully saturated rings. The molecule has 1 aromatic carbocycles. The van der Waals surface area contributed by atoms with Crippen LogP contribution >= 0.6 is 0 Å². The van der Waals surface area contributed by atoms with Crippen LogP contribution < -0.4 is 10.9 Å². The molecule has 0 aliphatic carbocycles. The first-order chi connectivity index (χ1) is 11.1. The van der Waals surface area contributed by atoms with Crippen LogP contribution in [-0.2, 0) is 4.74 Å². The van der Waals surface area contributed by atoms with E-state index in [1.807, 2.05) is 0 Å². The van der Waals surface area contributed by atoms with E-state index in [2.05, 4.69) is 15.3 Å². The van der Waals surface area contributed by atoms with Crippen LogP contribution in [0.2, 0.25) is 0 Å². The second-order valence-corrected chi connectivity index (χ2v) is 4.49. The quantitative estimate of drug-likeness (QED) is 0.262. The molecule has 9 heteroatoms. The summed E-state index contributed by atoms with van der Waals surface area (Å²) in [7, 11) is 0. The van der Waals surface area contributed by atoms with E-state index in [4.69, 9.17) is 14.7 Å². The molecular weight excluding hydrogens is 304 g/mol. The lowest BCUT2D eigenvalue weighted by Crippen LogP contribution is -2.31. The van der Waals surface area contributed by atoms with Crippen LogP contribution in [0.3, 0.4) is 0 Å². The molecule has 9 nitrogen and oxygen atoms in total. The Balaban J connectivity index is 1.95. The van der Waals surface area contributed by atoms with Gasteiger partial charge in [0.15, 0.2) is 0 Å². The molecule has 0 saturated carbocycles. The van der Waals surface area contributed by atoms with Crippen LogP contribution in [0.15, 0.2) is 38.6 Å². The molecule has 120 valence electrons. The number of azide groups is 1. The van der Waals surface area contributed by atoms with Gasteiger partial charge in [0, 0.05) is 29.5 Å². The highest BCUT2D eigenvalue weighted by atomic mass is 16.5. The lowest BCUT2D eigenvalue weighted by molar-refractivity contribution is 0.0916. The Kier molecular flexibility index (Phi) is 5.56. The minimum atomic E-state index is -0.787. The van der Waals surface area contributed by atoms with E-state index in [9.17, 15) is 14.7 Å². The second-order valence-electron chi connectivity index (χ2n) is 4.49. The summed E-state index contributed by atoms with van der Waals surface area (Å²) in [6.07, 6.45) is 0. The SMILES string of the molecule is [N-]=[N+]=NCCOCCNC(=O)c1cc2ccc(O)cc2oc1=O. The van der Waals surface area contributed by atoms with Gasteiger partial charge in [-0.3, -0.25) is 4.79 Å². The number of phenols is 1. The smallest absolute Gasteiger partial charge is 0.349 e. The predicted molar refractivity (Wildman–Crippen MR) is 81.3 cm³/mol. The first-order valence-electron chi connectivity index (χ1n) is 6.75. The zero-order chi connectivity index (χ0) is 16.7. The highest BCUT2D eigenvalue weighted by Gasteiger charge is 2.13. The van der Waals surface area contributed by atoms with Gasteiger partial charge in [0.2, 0.25) is 0 Å². The van der Waals surface area contributed by atoms with Crippen molar-refractivity contribution < 1.29 is 19.1 Å². The minimum Gasteiger partial charge on any atom is -0.508 e. The van der Waals surface area contributed by atoms with E-state index in [0.717, 1.165) is 0 Å². The van der Waals surface area contributed by atoms with Crippen LogP contribution in [0, 0.1) is 0 Å². The molecule has 2 N–H and O–H groups in total. The Morgan fingerprint density at radius 2 is 2.22 bits per heavy atom. The van der Waals surface area contributed by atoms with Crippen LogP contribution in [0.5, 0.6) is 5.75 Å². The Hall–Kier alpha value is -3.03. The molecule has 2 aromatic rings. The Morgan fingerprint density at radius 1 is 1.39 bits per heavy atom. The number of amides is 1. The van der Waals surface area contributed by atoms with Gasteiger partial charge in [0.1, 0.15) is 16.9 Å². The fourth-order valence-electron chi connectivity index (χ4n) is 1.84. The number of hydrogen-bond acceptors (Lipinski definition) is 6. The van der Waals surface area contributed by atoms with Crippen molar-refractivity contribution in [3.63, 3.8) is 0 Å². The van der Waals surface area contributed by atoms with Crippen LogP contribution in [0.25, 0.3) is 21.4 Å². The largest absolute Gasteiger partial charge is 0.508 e. The van der Waals surface area contributed by atoms with Gasteiger partial charge >= 0.3 is 5.63 Å². The summed E-state index contributed by atoms with van der Waals surface area (Å²) >= 11 is 0. The number of rotatable bonds is 7. The number of ether oxygens (including phenoxy) is 1. The van der Waals surface area contributed by atoms with Gasteiger partial charge in [0.05, 0.1) is 13.2 Å². The van der Waals surface area contributed by atoms with Gasteiger partial charge in [-0.1, -0.05) is 5.11 Å². The van der Waals surface area contributed by atoms with Gasteiger partial charge < -0.3 is 19.6 Å². The summed E-state index contributed by atoms with van der Waals surface area (Å²) in [5.74, 6) is -0.608. The number of hydrogen-bond donors (Lipinski definition) is 2. The Morgan fingerprint density at radius 3 is 3.00 bits per heavy atom. The van der Waals surface area contributed by atoms with E-state index < -0.39 is 11.5 Å². The molecule has 0 bridgehead atoms. The fraction of sp³-hybridized carbons (Fsp3) is 0.286. The minimum absolute atomic E-state index is 0.0317. The second kappa shape index (κ2) is 7.83. The number of phenolic OH excluding ortho intramolecular Hbond substituents is 1. The topological polar surface area (TPSA) is 138 Å². The average molecular weight is 318 g/mol. The number of nitrogens with zero attached hydrogens (tertiary/aromatic N) is 3. The summed E-state index contributed by atoms with van der Waals surface area (Å²) in [4.78, 5) is 26.4. The van der Waals surface area contributed by atoms with Crippen molar-refractivity contribution in [2.75, 3.05) is 26.3 Å². The maximum absolute atomic E-state index is 12.0. The van der Waals surface area contributed by atoms with Crippen LogP contribution in [0.4, 0.5) is 0 Å². The van der Waals surface area contributed by atoms with Crippen molar-refractivity contribution in [1.82, 2.24) is 5.32 Å². The van der Waals surface area contributed by atoms with Crippen molar-refractivity contribution in [2.24, 2.45) is 5.11 Å². The number of aromatic hydroxyl groups is 1. The normalized spacial score (nSPS) is 10.3. The molecule has 2 rings (SSSR count). The lowest BCUT2D eigenvalue weighted by Gasteiger charge is -2.06. The highest BCUT2D eigenvalue weighted by molar-refractivity contribution is 5.96. The highest BCUT2D eigenvalue weighted by Crippen LogP contribution is 2.19. The molecule has 1 aromatic heterocycles. The third-order valence-corrected chi connectivity index (χ3v) is 2.90. The van der Waals surface area contributed by atoms with Gasteiger partial charge in [-0.2, -0.15) is 0 Å². The van der Waals surface area contributed by atoms with Gasteiger partial charge in [-0.15, -0.1) is 0 Å². The molecular formula is C14H14N4O5. The molecule has 23 heavy (non-hydrogen) atoms. The number of benzene rings is 1. The number of carbonyl (C=O) groups excluding carboxylic acids is 1. The summed E-state index contributed by atoms with van der Waals surface area (Å²) in [6, 6.07) is 5.68. The van der Waals surface area contributed by atoms with Crippen molar-refractivity contribution in [1.29, 1.82) is 0 Å². The Bertz CT molecular complexity index is 810. The van der Waals surface area contributed by atoms with Gasteiger partial charge in [-0.05, 0) is 23.7 Å². The molecule has 0 radical (unpaired) electrons. The zero-order valence-corrected chi connectivity index (χ0v) is 12.1. The molecule has 0 aliphatic heterocycles. The average Bonchev–Trinajstić information content (AvgIpc) is 2.53. The van der Waals surface area contributed by atoms with Crippen molar-refractivity contribution in [2.45, 2.75) is 0 Å². The molecule has 0 aliphatic rings. The Labute approximate surface area is 130 Å². The standard InChI is InChI=1S/C14H14N4O5/c15-18-17-4-6-22-5-3-16-13(20)11-7-9-1-2-10(19)8-12(9)23-14(11)21/h1-2,7-8,19H,3-6H2,(H,16,20). The van der Waals surface area contributed by atoms with E-state index >= 15 is 0 Å². The van der Waals surface area contributed by atoms with Crippen molar-refractivity contribution in [3.8, 4) is 5.75 Å². The van der Waals surface area contributed by atoms with Crippen LogP contribution in [-0.4, -0.2) is 37.3 Å². The summed E-state index contributed by atoms with van der Waals surface area (Å²) in [5.41, 5.74) is 7.36. The summed E-state index contributed by atoms with van der Waals surface area (Å²) in [5, 5.41) is 15.7. The number of nitrogens with one attached hydrogen (secondary N) is 1. The molecule has 0 atom stereocenters. The third-order valence-electron chi connectivity index (χ3n) is 2.90. The maximum Gasteiger partial charge on any atom is 0.349 e. The number of carbonyl (C=O) groups is 1. The molecule has 1 amide bonds. The number of fused-ring (bicyclic) bond motifs is 1. The fourth-order valence-corrected chi connectivity index (χ4v) is 1.84. The van der Waals surface area contributed by atoms with E-state index in [1.165, 1.54) is 18.2 Å². The van der Waals surface area contributed by atoms with Crippen molar-refractivity contribution >= 4 is 16.9 Å². The molecule has 0 spiro atoms. The van der Waals surface area contributed by atoms with E-state index in [-0.39, 0.29) is 43.2 Å². The first kappa shape index (κ1) is 16.3.